The van der Waals surface area contributed by atoms with Crippen LogP contribution in [0, 0.1) is 0 Å². The lowest BCUT2D eigenvalue weighted by molar-refractivity contribution is 0.1000. The number of benzene rings is 1. The van der Waals surface area contributed by atoms with Gasteiger partial charge in [-0.2, -0.15) is 0 Å². The van der Waals surface area contributed by atoms with Crippen LogP contribution in [0.25, 0.3) is 0 Å². The molecule has 1 aliphatic rings. The average molecular weight is 234 g/mol. The number of rotatable bonds is 3. The van der Waals surface area contributed by atoms with Crippen molar-refractivity contribution in [1.29, 1.82) is 0 Å². The molecular weight excluding hydrogens is 216 g/mol. The molecule has 0 spiro atoms. The normalized spacial score (nSPS) is 24.3. The molecule has 0 aliphatic heterocycles. The van der Waals surface area contributed by atoms with Crippen LogP contribution >= 0.6 is 0 Å². The standard InChI is InChI=1S/C13H18N2O2/c14-13(17)9-5-7-10(8-6-9)15-11-3-1-2-4-12(11)16/h5-8,11-12,15-16H,1-4H2,(H2,14,17). The molecule has 4 nitrogen and oxygen atoms in total. The highest BCUT2D eigenvalue weighted by atomic mass is 16.3. The van der Waals surface area contributed by atoms with Gasteiger partial charge >= 0.3 is 0 Å². The molecule has 2 rings (SSSR count). The van der Waals surface area contributed by atoms with Crippen LogP contribution in [0.2, 0.25) is 0 Å². The van der Waals surface area contributed by atoms with Crippen LogP contribution in [0.5, 0.6) is 0 Å². The summed E-state index contributed by atoms with van der Waals surface area (Å²) < 4.78 is 0. The lowest BCUT2D eigenvalue weighted by atomic mass is 9.92. The first-order valence-electron chi connectivity index (χ1n) is 6.01. The molecule has 1 saturated carbocycles. The first kappa shape index (κ1) is 11.9. The second-order valence-electron chi connectivity index (χ2n) is 4.54. The Hall–Kier alpha value is -1.55. The highest BCUT2D eigenvalue weighted by Gasteiger charge is 2.22. The van der Waals surface area contributed by atoms with Crippen molar-refractivity contribution in [3.63, 3.8) is 0 Å². The molecule has 17 heavy (non-hydrogen) atoms. The molecule has 4 heteroatoms. The predicted octanol–water partition coefficient (Wildman–Crippen LogP) is 1.50. The van der Waals surface area contributed by atoms with Crippen molar-refractivity contribution in [2.75, 3.05) is 5.32 Å². The molecule has 1 fully saturated rings. The molecular formula is C13H18N2O2. The number of hydrogen-bond acceptors (Lipinski definition) is 3. The Balaban J connectivity index is 2.00. The van der Waals surface area contributed by atoms with E-state index in [0.717, 1.165) is 31.4 Å². The summed E-state index contributed by atoms with van der Waals surface area (Å²) in [6, 6.07) is 7.14. The van der Waals surface area contributed by atoms with E-state index in [1.807, 2.05) is 12.1 Å². The monoisotopic (exact) mass is 234 g/mol. The number of anilines is 1. The van der Waals surface area contributed by atoms with Gasteiger partial charge in [0.05, 0.1) is 12.1 Å². The molecule has 1 amide bonds. The summed E-state index contributed by atoms with van der Waals surface area (Å²) in [5, 5.41) is 13.1. The van der Waals surface area contributed by atoms with Crippen molar-refractivity contribution in [2.45, 2.75) is 37.8 Å². The highest BCUT2D eigenvalue weighted by molar-refractivity contribution is 5.93. The lowest BCUT2D eigenvalue weighted by Crippen LogP contribution is -2.36. The van der Waals surface area contributed by atoms with Crippen molar-refractivity contribution in [1.82, 2.24) is 0 Å². The zero-order valence-electron chi connectivity index (χ0n) is 9.73. The molecule has 1 aromatic rings. The number of primary amides is 1. The molecule has 2 unspecified atom stereocenters. The first-order valence-corrected chi connectivity index (χ1v) is 6.01. The van der Waals surface area contributed by atoms with Gasteiger partial charge in [-0.05, 0) is 37.1 Å². The van der Waals surface area contributed by atoms with Crippen molar-refractivity contribution < 1.29 is 9.90 Å². The summed E-state index contributed by atoms with van der Waals surface area (Å²) in [5.41, 5.74) is 6.59. The van der Waals surface area contributed by atoms with Gasteiger partial charge in [-0.1, -0.05) is 12.8 Å². The number of nitrogens with two attached hydrogens (primary N) is 1. The number of hydrogen-bond donors (Lipinski definition) is 3. The van der Waals surface area contributed by atoms with Crippen LogP contribution in [0.4, 0.5) is 5.69 Å². The van der Waals surface area contributed by atoms with E-state index in [0.29, 0.717) is 5.56 Å². The van der Waals surface area contributed by atoms with Gasteiger partial charge in [-0.25, -0.2) is 0 Å². The fourth-order valence-corrected chi connectivity index (χ4v) is 2.22. The van der Waals surface area contributed by atoms with Gasteiger partial charge in [0.1, 0.15) is 0 Å². The topological polar surface area (TPSA) is 75.4 Å². The van der Waals surface area contributed by atoms with Crippen LogP contribution < -0.4 is 11.1 Å². The lowest BCUT2D eigenvalue weighted by Gasteiger charge is -2.29. The highest BCUT2D eigenvalue weighted by Crippen LogP contribution is 2.22. The van der Waals surface area contributed by atoms with Crippen LogP contribution in [0.15, 0.2) is 24.3 Å². The zero-order valence-corrected chi connectivity index (χ0v) is 9.73. The van der Waals surface area contributed by atoms with E-state index in [9.17, 15) is 9.90 Å². The van der Waals surface area contributed by atoms with Gasteiger partial charge in [0, 0.05) is 11.3 Å². The fraction of sp³-hybridized carbons (Fsp3) is 0.462. The second kappa shape index (κ2) is 5.19. The van der Waals surface area contributed by atoms with Gasteiger partial charge < -0.3 is 16.2 Å². The van der Waals surface area contributed by atoms with Gasteiger partial charge in [0.15, 0.2) is 0 Å². The zero-order chi connectivity index (χ0) is 12.3. The van der Waals surface area contributed by atoms with E-state index in [2.05, 4.69) is 5.32 Å². The Morgan fingerprint density at radius 3 is 2.47 bits per heavy atom. The number of amides is 1. The van der Waals surface area contributed by atoms with Crippen LogP contribution in [-0.4, -0.2) is 23.2 Å². The van der Waals surface area contributed by atoms with Crippen molar-refractivity contribution in [3.8, 4) is 0 Å². The molecule has 0 saturated heterocycles. The minimum Gasteiger partial charge on any atom is -0.391 e. The van der Waals surface area contributed by atoms with E-state index in [-0.39, 0.29) is 12.1 Å². The summed E-state index contributed by atoms with van der Waals surface area (Å²) in [6.45, 7) is 0. The number of carbonyl (C=O) groups excluding carboxylic acids is 1. The smallest absolute Gasteiger partial charge is 0.248 e. The largest absolute Gasteiger partial charge is 0.391 e. The van der Waals surface area contributed by atoms with E-state index in [4.69, 9.17) is 5.73 Å². The summed E-state index contributed by atoms with van der Waals surface area (Å²) in [5.74, 6) is -0.422. The Kier molecular flexibility index (Phi) is 3.64. The van der Waals surface area contributed by atoms with Gasteiger partial charge in [-0.15, -0.1) is 0 Å². The van der Waals surface area contributed by atoms with E-state index in [1.54, 1.807) is 12.1 Å². The fourth-order valence-electron chi connectivity index (χ4n) is 2.22. The third kappa shape index (κ3) is 2.97. The van der Waals surface area contributed by atoms with Gasteiger partial charge in [0.25, 0.3) is 0 Å². The first-order chi connectivity index (χ1) is 8.16. The van der Waals surface area contributed by atoms with Crippen molar-refractivity contribution in [3.05, 3.63) is 29.8 Å². The predicted molar refractivity (Wildman–Crippen MR) is 66.8 cm³/mol. The Bertz CT molecular complexity index is 389. The van der Waals surface area contributed by atoms with Crippen molar-refractivity contribution >= 4 is 11.6 Å². The third-order valence-electron chi connectivity index (χ3n) is 3.25. The minimum absolute atomic E-state index is 0.114. The van der Waals surface area contributed by atoms with Crippen molar-refractivity contribution in [2.24, 2.45) is 5.73 Å². The van der Waals surface area contributed by atoms with Gasteiger partial charge in [-0.3, -0.25) is 4.79 Å². The quantitative estimate of drug-likeness (QED) is 0.742. The maximum Gasteiger partial charge on any atom is 0.248 e. The Morgan fingerprint density at radius 1 is 1.24 bits per heavy atom. The molecule has 0 heterocycles. The SMILES string of the molecule is NC(=O)c1ccc(NC2CCCCC2O)cc1. The molecule has 1 aromatic carbocycles. The number of aliphatic hydroxyl groups is 1. The maximum atomic E-state index is 10.9. The molecule has 4 N–H and O–H groups in total. The number of carbonyl (C=O) groups is 1. The minimum atomic E-state index is -0.422. The van der Waals surface area contributed by atoms with E-state index in [1.165, 1.54) is 0 Å². The molecule has 0 bridgehead atoms. The maximum absolute atomic E-state index is 10.9. The molecule has 2 atom stereocenters. The molecule has 0 radical (unpaired) electrons. The number of nitrogens with one attached hydrogen (secondary N) is 1. The van der Waals surface area contributed by atoms with Crippen LogP contribution in [0.1, 0.15) is 36.0 Å². The molecule has 0 aromatic heterocycles. The summed E-state index contributed by atoms with van der Waals surface area (Å²) >= 11 is 0. The van der Waals surface area contributed by atoms with Crippen LogP contribution in [-0.2, 0) is 0 Å². The van der Waals surface area contributed by atoms with E-state index >= 15 is 0 Å². The molecule has 92 valence electrons. The third-order valence-corrected chi connectivity index (χ3v) is 3.25. The summed E-state index contributed by atoms with van der Waals surface area (Å²) in [4.78, 5) is 10.9. The van der Waals surface area contributed by atoms with Gasteiger partial charge in [0.2, 0.25) is 5.91 Å². The summed E-state index contributed by atoms with van der Waals surface area (Å²) in [6.07, 6.45) is 3.81. The Labute approximate surface area is 101 Å². The second-order valence-corrected chi connectivity index (χ2v) is 4.54. The molecule has 1 aliphatic carbocycles. The Morgan fingerprint density at radius 2 is 1.88 bits per heavy atom. The average Bonchev–Trinajstić information content (AvgIpc) is 2.33. The van der Waals surface area contributed by atoms with E-state index < -0.39 is 5.91 Å². The summed E-state index contributed by atoms with van der Waals surface area (Å²) in [7, 11) is 0. The van der Waals surface area contributed by atoms with Crippen LogP contribution in [0.3, 0.4) is 0 Å². The number of aliphatic hydroxyl groups excluding tert-OH is 1.